The lowest BCUT2D eigenvalue weighted by Gasteiger charge is -2.14. The maximum absolute atomic E-state index is 13.4. The molecule has 2 N–H and O–H groups in total. The van der Waals surface area contributed by atoms with Crippen LogP contribution in [0.15, 0.2) is 34.9 Å². The van der Waals surface area contributed by atoms with Crippen molar-refractivity contribution in [2.45, 2.75) is 6.04 Å². The number of rotatable bonds is 4. The fourth-order valence-corrected chi connectivity index (χ4v) is 1.63. The van der Waals surface area contributed by atoms with E-state index >= 15 is 0 Å². The smallest absolute Gasteiger partial charge is 0.255 e. The lowest BCUT2D eigenvalue weighted by Crippen LogP contribution is -2.31. The second-order valence-electron chi connectivity index (χ2n) is 3.95. The maximum Gasteiger partial charge on any atom is 0.255 e. The minimum absolute atomic E-state index is 0.254. The van der Waals surface area contributed by atoms with Gasteiger partial charge in [-0.05, 0) is 24.3 Å². The molecule has 2 rings (SSSR count). The van der Waals surface area contributed by atoms with Gasteiger partial charge < -0.3 is 14.8 Å². The molecule has 0 aliphatic carbocycles. The monoisotopic (exact) mass is 285 g/mol. The van der Waals surface area contributed by atoms with Gasteiger partial charge in [0, 0.05) is 0 Å². The van der Waals surface area contributed by atoms with Gasteiger partial charge in [-0.1, -0.05) is 0 Å². The lowest BCUT2D eigenvalue weighted by molar-refractivity contribution is 0.0902. The van der Waals surface area contributed by atoms with Crippen molar-refractivity contribution in [3.63, 3.8) is 0 Å². The summed E-state index contributed by atoms with van der Waals surface area (Å²) in [4.78, 5) is 11.8. The van der Waals surface area contributed by atoms with E-state index in [0.29, 0.717) is 6.07 Å². The fraction of sp³-hybridized carbons (Fsp3) is 0.154. The predicted octanol–water partition coefficient (Wildman–Crippen LogP) is 2.16. The summed E-state index contributed by atoms with van der Waals surface area (Å²) in [6.45, 7) is -0.495. The summed E-state index contributed by atoms with van der Waals surface area (Å²) >= 11 is 0. The van der Waals surface area contributed by atoms with Crippen LogP contribution in [0.2, 0.25) is 0 Å². The molecule has 0 saturated heterocycles. The minimum atomic E-state index is -1.73. The number of hydrogen-bond acceptors (Lipinski definition) is 3. The van der Waals surface area contributed by atoms with Crippen molar-refractivity contribution < 1.29 is 27.5 Å². The molecule has 20 heavy (non-hydrogen) atoms. The number of nitrogens with one attached hydrogen (secondary N) is 1. The Labute approximate surface area is 111 Å². The Morgan fingerprint density at radius 2 is 2.00 bits per heavy atom. The molecule has 0 saturated carbocycles. The summed E-state index contributed by atoms with van der Waals surface area (Å²) in [5, 5.41) is 11.4. The van der Waals surface area contributed by atoms with Crippen molar-refractivity contribution in [3.8, 4) is 0 Å². The van der Waals surface area contributed by atoms with Crippen molar-refractivity contribution in [2.24, 2.45) is 0 Å². The van der Waals surface area contributed by atoms with E-state index in [2.05, 4.69) is 5.32 Å². The van der Waals surface area contributed by atoms with E-state index in [-0.39, 0.29) is 5.76 Å². The molecule has 1 unspecified atom stereocenters. The molecule has 0 radical (unpaired) electrons. The number of carbonyl (C=O) groups excluding carboxylic acids is 1. The number of halogens is 3. The van der Waals surface area contributed by atoms with Crippen LogP contribution >= 0.6 is 0 Å². The van der Waals surface area contributed by atoms with Crippen LogP contribution in [0.1, 0.15) is 22.2 Å². The quantitative estimate of drug-likeness (QED) is 0.846. The molecule has 0 aliphatic rings. The number of furan rings is 1. The second-order valence-corrected chi connectivity index (χ2v) is 3.95. The third-order valence-electron chi connectivity index (χ3n) is 2.65. The molecule has 1 aromatic heterocycles. The van der Waals surface area contributed by atoms with Gasteiger partial charge in [-0.25, -0.2) is 13.2 Å². The number of hydrogen-bond donors (Lipinski definition) is 2. The molecule has 0 fully saturated rings. The minimum Gasteiger partial charge on any atom is -0.467 e. The Morgan fingerprint density at radius 1 is 1.25 bits per heavy atom. The third-order valence-corrected chi connectivity index (χ3v) is 2.65. The molecule has 106 valence electrons. The summed E-state index contributed by atoms with van der Waals surface area (Å²) in [6.07, 6.45) is 1.34. The summed E-state index contributed by atoms with van der Waals surface area (Å²) < 4.78 is 44.3. The van der Waals surface area contributed by atoms with Gasteiger partial charge in [0.15, 0.2) is 17.5 Å². The highest BCUT2D eigenvalue weighted by atomic mass is 19.2. The van der Waals surface area contributed by atoms with Crippen molar-refractivity contribution in [1.29, 1.82) is 0 Å². The van der Waals surface area contributed by atoms with Gasteiger partial charge in [-0.3, -0.25) is 4.79 Å². The van der Waals surface area contributed by atoms with E-state index in [1.807, 2.05) is 0 Å². The van der Waals surface area contributed by atoms with Crippen LogP contribution in [0.4, 0.5) is 13.2 Å². The zero-order chi connectivity index (χ0) is 14.7. The molecule has 1 heterocycles. The topological polar surface area (TPSA) is 62.5 Å². The molecule has 1 atom stereocenters. The normalized spacial score (nSPS) is 12.2. The first-order valence-corrected chi connectivity index (χ1v) is 5.63. The summed E-state index contributed by atoms with van der Waals surface area (Å²) in [5.41, 5.74) is -0.658. The zero-order valence-electron chi connectivity index (χ0n) is 10.1. The number of benzene rings is 1. The van der Waals surface area contributed by atoms with Crippen LogP contribution in [-0.4, -0.2) is 17.6 Å². The van der Waals surface area contributed by atoms with Crippen LogP contribution in [-0.2, 0) is 0 Å². The molecule has 0 spiro atoms. The van der Waals surface area contributed by atoms with Crippen molar-refractivity contribution in [2.75, 3.05) is 6.61 Å². The Balaban J connectivity index is 2.22. The fourth-order valence-electron chi connectivity index (χ4n) is 1.63. The van der Waals surface area contributed by atoms with Crippen LogP contribution in [0.3, 0.4) is 0 Å². The molecule has 2 aromatic rings. The predicted molar refractivity (Wildman–Crippen MR) is 62.3 cm³/mol. The average molecular weight is 285 g/mol. The number of aliphatic hydroxyl groups is 1. The third kappa shape index (κ3) is 2.67. The molecule has 4 nitrogen and oxygen atoms in total. The Kier molecular flexibility index (Phi) is 4.09. The van der Waals surface area contributed by atoms with Crippen LogP contribution in [0.25, 0.3) is 0 Å². The maximum atomic E-state index is 13.4. The molecular formula is C13H10F3NO3. The summed E-state index contributed by atoms with van der Waals surface area (Å²) in [7, 11) is 0. The summed E-state index contributed by atoms with van der Waals surface area (Å²) in [6, 6.07) is 3.60. The van der Waals surface area contributed by atoms with E-state index in [0.717, 1.165) is 6.07 Å². The first-order valence-electron chi connectivity index (χ1n) is 5.63. The van der Waals surface area contributed by atoms with Crippen LogP contribution in [0.5, 0.6) is 0 Å². The van der Waals surface area contributed by atoms with Gasteiger partial charge in [-0.2, -0.15) is 0 Å². The van der Waals surface area contributed by atoms with Crippen molar-refractivity contribution >= 4 is 5.91 Å². The highest BCUT2D eigenvalue weighted by Gasteiger charge is 2.22. The van der Waals surface area contributed by atoms with Gasteiger partial charge in [0.25, 0.3) is 5.91 Å². The van der Waals surface area contributed by atoms with E-state index in [1.165, 1.54) is 12.3 Å². The molecular weight excluding hydrogens is 275 g/mol. The van der Waals surface area contributed by atoms with E-state index in [4.69, 9.17) is 9.52 Å². The van der Waals surface area contributed by atoms with Gasteiger partial charge in [-0.15, -0.1) is 0 Å². The van der Waals surface area contributed by atoms with Crippen LogP contribution < -0.4 is 5.32 Å². The Morgan fingerprint density at radius 3 is 2.60 bits per heavy atom. The van der Waals surface area contributed by atoms with Crippen LogP contribution in [0, 0.1) is 17.5 Å². The molecule has 0 bridgehead atoms. The SMILES string of the molecule is O=C(NC(CO)c1ccco1)c1ccc(F)c(F)c1F. The zero-order valence-corrected chi connectivity index (χ0v) is 10.1. The van der Waals surface area contributed by atoms with E-state index in [9.17, 15) is 18.0 Å². The first kappa shape index (κ1) is 14.1. The first-order chi connectivity index (χ1) is 9.54. The largest absolute Gasteiger partial charge is 0.467 e. The van der Waals surface area contributed by atoms with E-state index < -0.39 is 41.6 Å². The standard InChI is InChI=1S/C13H10F3NO3/c14-8-4-3-7(11(15)12(8)16)13(19)17-9(6-18)10-2-1-5-20-10/h1-5,9,18H,6H2,(H,17,19). The average Bonchev–Trinajstić information content (AvgIpc) is 2.96. The lowest BCUT2D eigenvalue weighted by atomic mass is 10.1. The van der Waals surface area contributed by atoms with Gasteiger partial charge in [0.05, 0.1) is 18.4 Å². The number of carbonyl (C=O) groups is 1. The highest BCUT2D eigenvalue weighted by Crippen LogP contribution is 2.17. The number of aliphatic hydroxyl groups excluding tert-OH is 1. The van der Waals surface area contributed by atoms with Gasteiger partial charge in [0.1, 0.15) is 11.8 Å². The van der Waals surface area contributed by atoms with Crippen molar-refractivity contribution in [1.82, 2.24) is 5.32 Å². The molecule has 1 aromatic carbocycles. The Hall–Kier alpha value is -2.28. The van der Waals surface area contributed by atoms with Crippen molar-refractivity contribution in [3.05, 3.63) is 59.3 Å². The van der Waals surface area contributed by atoms with Gasteiger partial charge in [0.2, 0.25) is 0 Å². The number of amides is 1. The Bertz CT molecular complexity index is 614. The second kappa shape index (κ2) is 5.79. The molecule has 1 amide bonds. The summed E-state index contributed by atoms with van der Waals surface area (Å²) in [5.74, 6) is -5.43. The highest BCUT2D eigenvalue weighted by molar-refractivity contribution is 5.94. The molecule has 0 aliphatic heterocycles. The van der Waals surface area contributed by atoms with E-state index in [1.54, 1.807) is 6.07 Å². The van der Waals surface area contributed by atoms with Gasteiger partial charge >= 0.3 is 0 Å². The molecule has 7 heteroatoms.